The van der Waals surface area contributed by atoms with Gasteiger partial charge in [0.05, 0.1) is 5.69 Å². The molecule has 0 saturated carbocycles. The number of amidine groups is 1. The van der Waals surface area contributed by atoms with Crippen LogP contribution in [-0.2, 0) is 0 Å². The molecule has 0 atom stereocenters. The maximum atomic E-state index is 12.9. The largest absolute Gasteiger partial charge is 0.586 e. The van der Waals surface area contributed by atoms with Crippen molar-refractivity contribution in [1.82, 2.24) is 0 Å². The van der Waals surface area contributed by atoms with Crippen molar-refractivity contribution in [2.24, 2.45) is 10.7 Å². The summed E-state index contributed by atoms with van der Waals surface area (Å²) in [5, 5.41) is 0. The Morgan fingerprint density at radius 1 is 1.00 bits per heavy atom. The quantitative estimate of drug-likeness (QED) is 0.677. The van der Waals surface area contributed by atoms with Gasteiger partial charge in [0.15, 0.2) is 11.5 Å². The van der Waals surface area contributed by atoms with Crippen molar-refractivity contribution in [3.63, 3.8) is 0 Å². The molecular formula is C14H10F2N2O2. The van der Waals surface area contributed by atoms with Gasteiger partial charge in [-0.3, -0.25) is 0 Å². The lowest BCUT2D eigenvalue weighted by atomic mass is 10.2. The smallest absolute Gasteiger partial charge is 0.395 e. The van der Waals surface area contributed by atoms with E-state index in [4.69, 9.17) is 5.73 Å². The number of ether oxygens (including phenoxy) is 2. The normalized spacial score (nSPS) is 16.2. The zero-order valence-electron chi connectivity index (χ0n) is 10.2. The summed E-state index contributed by atoms with van der Waals surface area (Å²) in [5.74, 6) is 0.209. The third-order valence-electron chi connectivity index (χ3n) is 2.70. The van der Waals surface area contributed by atoms with E-state index in [-0.39, 0.29) is 17.3 Å². The van der Waals surface area contributed by atoms with Crippen LogP contribution in [-0.4, -0.2) is 12.1 Å². The highest BCUT2D eigenvalue weighted by Gasteiger charge is 2.43. The van der Waals surface area contributed by atoms with Crippen LogP contribution in [0.3, 0.4) is 0 Å². The number of hydrogen-bond acceptors (Lipinski definition) is 3. The topological polar surface area (TPSA) is 56.8 Å². The van der Waals surface area contributed by atoms with Crippen LogP contribution in [0.15, 0.2) is 53.5 Å². The lowest BCUT2D eigenvalue weighted by molar-refractivity contribution is -0.286. The molecule has 0 spiro atoms. The van der Waals surface area contributed by atoms with Crippen LogP contribution in [0.25, 0.3) is 0 Å². The van der Waals surface area contributed by atoms with Crippen LogP contribution in [0.1, 0.15) is 5.56 Å². The van der Waals surface area contributed by atoms with Gasteiger partial charge in [-0.1, -0.05) is 30.3 Å². The molecule has 0 bridgehead atoms. The van der Waals surface area contributed by atoms with Gasteiger partial charge in [-0.15, -0.1) is 8.78 Å². The monoisotopic (exact) mass is 276 g/mol. The first-order valence-corrected chi connectivity index (χ1v) is 5.83. The zero-order valence-corrected chi connectivity index (χ0v) is 10.2. The van der Waals surface area contributed by atoms with Gasteiger partial charge in [0.25, 0.3) is 0 Å². The number of halogens is 2. The first kappa shape index (κ1) is 12.4. The second-order valence-electron chi connectivity index (χ2n) is 4.16. The summed E-state index contributed by atoms with van der Waals surface area (Å²) in [6, 6.07) is 13.4. The molecule has 0 fully saturated rings. The molecule has 102 valence electrons. The fourth-order valence-corrected chi connectivity index (χ4v) is 1.82. The van der Waals surface area contributed by atoms with Crippen LogP contribution in [0.4, 0.5) is 14.5 Å². The number of rotatable bonds is 2. The van der Waals surface area contributed by atoms with E-state index in [1.54, 1.807) is 12.1 Å². The van der Waals surface area contributed by atoms with Crippen LogP contribution < -0.4 is 15.2 Å². The number of nitrogens with zero attached hydrogens (tertiary/aromatic N) is 1. The molecular weight excluding hydrogens is 266 g/mol. The minimum absolute atomic E-state index is 0.0211. The Morgan fingerprint density at radius 2 is 1.70 bits per heavy atom. The summed E-state index contributed by atoms with van der Waals surface area (Å²) >= 11 is 0. The highest BCUT2D eigenvalue weighted by atomic mass is 19.3. The van der Waals surface area contributed by atoms with E-state index in [9.17, 15) is 8.78 Å². The highest BCUT2D eigenvalue weighted by Crippen LogP contribution is 2.42. The Hall–Kier alpha value is -2.63. The van der Waals surface area contributed by atoms with Crippen LogP contribution in [0.2, 0.25) is 0 Å². The third-order valence-corrected chi connectivity index (χ3v) is 2.70. The molecule has 3 rings (SSSR count). The Balaban J connectivity index is 1.90. The number of hydrogen-bond donors (Lipinski definition) is 1. The molecule has 1 aliphatic heterocycles. The second-order valence-corrected chi connectivity index (χ2v) is 4.16. The fraction of sp³-hybridized carbons (Fsp3) is 0.0714. The van der Waals surface area contributed by atoms with Crippen molar-refractivity contribution >= 4 is 11.5 Å². The highest BCUT2D eigenvalue weighted by molar-refractivity contribution is 5.99. The molecule has 1 aliphatic rings. The van der Waals surface area contributed by atoms with E-state index in [0.717, 1.165) is 5.56 Å². The first-order chi connectivity index (χ1) is 9.53. The van der Waals surface area contributed by atoms with E-state index in [1.165, 1.54) is 18.2 Å². The molecule has 1 heterocycles. The standard InChI is InChI=1S/C14H10F2N2O2/c15-14(16)19-11-7-6-10(8-12(11)20-14)18-13(17)9-4-2-1-3-5-9/h1-8H,(H2,17,18). The van der Waals surface area contributed by atoms with E-state index in [2.05, 4.69) is 14.5 Å². The number of nitrogens with two attached hydrogens (primary N) is 1. The molecule has 2 N–H and O–H groups in total. The predicted octanol–water partition coefficient (Wildman–Crippen LogP) is 3.05. The number of aliphatic imine (C=N–C) groups is 1. The van der Waals surface area contributed by atoms with Crippen LogP contribution in [0, 0.1) is 0 Å². The number of alkyl halides is 2. The summed E-state index contributed by atoms with van der Waals surface area (Å²) in [7, 11) is 0. The molecule has 0 unspecified atom stereocenters. The Morgan fingerprint density at radius 3 is 2.45 bits per heavy atom. The summed E-state index contributed by atoms with van der Waals surface area (Å²) in [5.41, 5.74) is 7.01. The fourth-order valence-electron chi connectivity index (χ4n) is 1.82. The maximum Gasteiger partial charge on any atom is 0.586 e. The molecule has 0 amide bonds. The number of fused-ring (bicyclic) bond motifs is 1. The molecule has 0 aliphatic carbocycles. The van der Waals surface area contributed by atoms with Gasteiger partial charge in [-0.25, -0.2) is 4.99 Å². The molecule has 2 aromatic rings. The van der Waals surface area contributed by atoms with Gasteiger partial charge in [0.2, 0.25) is 0 Å². The van der Waals surface area contributed by atoms with E-state index < -0.39 is 6.29 Å². The second kappa shape index (κ2) is 4.48. The average Bonchev–Trinajstić information content (AvgIpc) is 2.73. The van der Waals surface area contributed by atoms with Crippen molar-refractivity contribution in [1.29, 1.82) is 0 Å². The molecule has 0 aromatic heterocycles. The van der Waals surface area contributed by atoms with Crippen LogP contribution >= 0.6 is 0 Å². The summed E-state index contributed by atoms with van der Waals surface area (Å²) in [6.45, 7) is 0. The van der Waals surface area contributed by atoms with Crippen molar-refractivity contribution in [3.05, 3.63) is 54.1 Å². The molecule has 0 saturated heterocycles. The van der Waals surface area contributed by atoms with Crippen molar-refractivity contribution < 1.29 is 18.3 Å². The molecule has 6 heteroatoms. The molecule has 2 aromatic carbocycles. The van der Waals surface area contributed by atoms with Gasteiger partial charge in [0, 0.05) is 11.6 Å². The Kier molecular flexibility index (Phi) is 2.78. The molecule has 20 heavy (non-hydrogen) atoms. The predicted molar refractivity (Wildman–Crippen MR) is 69.5 cm³/mol. The molecule has 0 radical (unpaired) electrons. The summed E-state index contributed by atoms with van der Waals surface area (Å²) in [4.78, 5) is 4.17. The van der Waals surface area contributed by atoms with Crippen molar-refractivity contribution in [2.45, 2.75) is 6.29 Å². The lowest BCUT2D eigenvalue weighted by Gasteiger charge is -2.04. The van der Waals surface area contributed by atoms with Gasteiger partial charge in [-0.05, 0) is 12.1 Å². The first-order valence-electron chi connectivity index (χ1n) is 5.83. The average molecular weight is 276 g/mol. The Labute approximate surface area is 113 Å². The summed E-state index contributed by atoms with van der Waals surface area (Å²) < 4.78 is 34.4. The summed E-state index contributed by atoms with van der Waals surface area (Å²) in [6.07, 6.45) is -3.63. The zero-order chi connectivity index (χ0) is 14.2. The SMILES string of the molecule is NC(=Nc1ccc2c(c1)OC(F)(F)O2)c1ccccc1. The van der Waals surface area contributed by atoms with Gasteiger partial charge < -0.3 is 15.2 Å². The van der Waals surface area contributed by atoms with Crippen molar-refractivity contribution in [3.8, 4) is 11.5 Å². The number of benzene rings is 2. The van der Waals surface area contributed by atoms with E-state index in [1.807, 2.05) is 18.2 Å². The van der Waals surface area contributed by atoms with E-state index in [0.29, 0.717) is 5.69 Å². The minimum Gasteiger partial charge on any atom is -0.395 e. The van der Waals surface area contributed by atoms with Gasteiger partial charge >= 0.3 is 6.29 Å². The van der Waals surface area contributed by atoms with Gasteiger partial charge in [0.1, 0.15) is 5.84 Å². The maximum absolute atomic E-state index is 12.9. The van der Waals surface area contributed by atoms with Crippen molar-refractivity contribution in [2.75, 3.05) is 0 Å². The third kappa shape index (κ3) is 2.40. The minimum atomic E-state index is -3.63. The molecule has 4 nitrogen and oxygen atoms in total. The van der Waals surface area contributed by atoms with Gasteiger partial charge in [-0.2, -0.15) is 0 Å². The van der Waals surface area contributed by atoms with Crippen LogP contribution in [0.5, 0.6) is 11.5 Å². The lowest BCUT2D eigenvalue weighted by Crippen LogP contribution is -2.25. The Bertz CT molecular complexity index is 672. The van der Waals surface area contributed by atoms with E-state index >= 15 is 0 Å².